The summed E-state index contributed by atoms with van der Waals surface area (Å²) < 4.78 is 0. The Morgan fingerprint density at radius 1 is 1.36 bits per heavy atom. The summed E-state index contributed by atoms with van der Waals surface area (Å²) in [6.07, 6.45) is 0.529. The van der Waals surface area contributed by atoms with Crippen molar-refractivity contribution in [2.45, 2.75) is 32.1 Å². The van der Waals surface area contributed by atoms with E-state index in [1.54, 1.807) is 23.9 Å². The van der Waals surface area contributed by atoms with Gasteiger partial charge in [0, 0.05) is 16.5 Å². The van der Waals surface area contributed by atoms with Crippen LogP contribution in [0.1, 0.15) is 37.6 Å². The Bertz CT molecular complexity index is 534. The molecule has 6 heteroatoms. The first kappa shape index (κ1) is 18.8. The third kappa shape index (κ3) is 5.89. The van der Waals surface area contributed by atoms with Crippen LogP contribution < -0.4 is 5.32 Å². The lowest BCUT2D eigenvalue weighted by Gasteiger charge is -2.16. The predicted octanol–water partition coefficient (Wildman–Crippen LogP) is 3.93. The number of carboxylic acid groups (broad SMARTS) is 1. The van der Waals surface area contributed by atoms with Gasteiger partial charge in [0.15, 0.2) is 0 Å². The maximum atomic E-state index is 12.3. The van der Waals surface area contributed by atoms with Gasteiger partial charge < -0.3 is 10.4 Å². The second-order valence-electron chi connectivity index (χ2n) is 5.45. The van der Waals surface area contributed by atoms with Crippen LogP contribution in [-0.4, -0.2) is 29.3 Å². The molecule has 22 heavy (non-hydrogen) atoms. The second kappa shape index (κ2) is 9.06. The number of amides is 1. The van der Waals surface area contributed by atoms with Gasteiger partial charge in [-0.3, -0.25) is 9.59 Å². The molecule has 0 saturated carbocycles. The maximum Gasteiger partial charge on any atom is 0.308 e. The standard InChI is InChI=1S/C16H22ClNO3S/c1-4-22-14-6-5-12(17)8-13(14)15(19)18-9-11(16(20)21)7-10(2)3/h5-6,8,10-11H,4,7,9H2,1-3H3,(H,18,19)(H,20,21). The summed E-state index contributed by atoms with van der Waals surface area (Å²) in [4.78, 5) is 24.4. The van der Waals surface area contributed by atoms with Crippen LogP contribution in [0.15, 0.2) is 23.1 Å². The SMILES string of the molecule is CCSc1ccc(Cl)cc1C(=O)NCC(CC(C)C)C(=O)O. The molecule has 1 unspecified atom stereocenters. The van der Waals surface area contributed by atoms with Crippen LogP contribution in [0.4, 0.5) is 0 Å². The number of nitrogens with one attached hydrogen (secondary N) is 1. The highest BCUT2D eigenvalue weighted by atomic mass is 35.5. The molecule has 0 radical (unpaired) electrons. The number of halogens is 1. The lowest BCUT2D eigenvalue weighted by atomic mass is 9.97. The summed E-state index contributed by atoms with van der Waals surface area (Å²) in [5.74, 6) is -0.648. The van der Waals surface area contributed by atoms with E-state index in [-0.39, 0.29) is 18.4 Å². The zero-order chi connectivity index (χ0) is 16.7. The average molecular weight is 344 g/mol. The van der Waals surface area contributed by atoms with Gasteiger partial charge in [0.1, 0.15) is 0 Å². The fourth-order valence-electron chi connectivity index (χ4n) is 2.11. The molecule has 2 N–H and O–H groups in total. The van der Waals surface area contributed by atoms with Gasteiger partial charge in [0.25, 0.3) is 5.91 Å². The van der Waals surface area contributed by atoms with Crippen molar-refractivity contribution in [2.75, 3.05) is 12.3 Å². The number of aliphatic carboxylic acids is 1. The van der Waals surface area contributed by atoms with Gasteiger partial charge in [0.05, 0.1) is 11.5 Å². The minimum Gasteiger partial charge on any atom is -0.481 e. The van der Waals surface area contributed by atoms with Crippen molar-refractivity contribution in [3.63, 3.8) is 0 Å². The van der Waals surface area contributed by atoms with Gasteiger partial charge in [-0.1, -0.05) is 32.4 Å². The van der Waals surface area contributed by atoms with Crippen molar-refractivity contribution >= 4 is 35.2 Å². The van der Waals surface area contributed by atoms with Gasteiger partial charge in [-0.05, 0) is 36.3 Å². The highest BCUT2D eigenvalue weighted by Crippen LogP contribution is 2.25. The molecule has 0 fully saturated rings. The summed E-state index contributed by atoms with van der Waals surface area (Å²) in [7, 11) is 0. The second-order valence-corrected chi connectivity index (χ2v) is 7.19. The van der Waals surface area contributed by atoms with E-state index in [0.29, 0.717) is 17.0 Å². The molecule has 0 aliphatic heterocycles. The normalized spacial score (nSPS) is 12.2. The Morgan fingerprint density at radius 2 is 2.05 bits per heavy atom. The van der Waals surface area contributed by atoms with Crippen LogP contribution in [0.2, 0.25) is 5.02 Å². The molecule has 1 rings (SSSR count). The summed E-state index contributed by atoms with van der Waals surface area (Å²) >= 11 is 7.51. The fourth-order valence-corrected chi connectivity index (χ4v) is 3.07. The average Bonchev–Trinajstić information content (AvgIpc) is 2.44. The molecule has 0 aliphatic carbocycles. The number of thioether (sulfide) groups is 1. The Kier molecular flexibility index (Phi) is 7.76. The van der Waals surface area contributed by atoms with Gasteiger partial charge in [0.2, 0.25) is 0 Å². The number of carbonyl (C=O) groups excluding carboxylic acids is 1. The topological polar surface area (TPSA) is 66.4 Å². The predicted molar refractivity (Wildman–Crippen MR) is 90.8 cm³/mol. The summed E-state index contributed by atoms with van der Waals surface area (Å²) in [6.45, 7) is 6.05. The van der Waals surface area contributed by atoms with E-state index in [4.69, 9.17) is 11.6 Å². The van der Waals surface area contributed by atoms with Crippen LogP contribution in [-0.2, 0) is 4.79 Å². The molecular weight excluding hydrogens is 322 g/mol. The van der Waals surface area contributed by atoms with Crippen LogP contribution in [0.3, 0.4) is 0 Å². The molecule has 4 nitrogen and oxygen atoms in total. The molecule has 0 bridgehead atoms. The first-order valence-electron chi connectivity index (χ1n) is 7.28. The monoisotopic (exact) mass is 343 g/mol. The number of benzene rings is 1. The molecule has 1 aromatic rings. The molecule has 1 atom stereocenters. The van der Waals surface area contributed by atoms with Crippen molar-refractivity contribution in [1.29, 1.82) is 0 Å². The third-order valence-corrected chi connectivity index (χ3v) is 4.29. The van der Waals surface area contributed by atoms with Crippen LogP contribution >= 0.6 is 23.4 Å². The van der Waals surface area contributed by atoms with Gasteiger partial charge in [-0.2, -0.15) is 0 Å². The Hall–Kier alpha value is -1.20. The Morgan fingerprint density at radius 3 is 2.59 bits per heavy atom. The molecule has 0 heterocycles. The zero-order valence-electron chi connectivity index (χ0n) is 13.1. The first-order valence-corrected chi connectivity index (χ1v) is 8.64. The number of rotatable bonds is 8. The van der Waals surface area contributed by atoms with Gasteiger partial charge in [-0.25, -0.2) is 0 Å². The summed E-state index contributed by atoms with van der Waals surface area (Å²) in [5.41, 5.74) is 0.494. The van der Waals surface area contributed by atoms with E-state index in [9.17, 15) is 14.7 Å². The summed E-state index contributed by atoms with van der Waals surface area (Å²) in [6, 6.07) is 5.18. The molecule has 1 amide bonds. The van der Waals surface area contributed by atoms with E-state index >= 15 is 0 Å². The first-order chi connectivity index (χ1) is 10.3. The number of carbonyl (C=O) groups is 2. The molecule has 122 valence electrons. The number of carboxylic acids is 1. The molecule has 0 spiro atoms. The Balaban J connectivity index is 2.79. The number of hydrogen-bond acceptors (Lipinski definition) is 3. The van der Waals surface area contributed by atoms with Crippen LogP contribution in [0.5, 0.6) is 0 Å². The van der Waals surface area contributed by atoms with E-state index in [1.165, 1.54) is 0 Å². The lowest BCUT2D eigenvalue weighted by Crippen LogP contribution is -2.33. The van der Waals surface area contributed by atoms with Crippen molar-refractivity contribution in [3.8, 4) is 0 Å². The fraction of sp³-hybridized carbons (Fsp3) is 0.500. The molecule has 1 aromatic carbocycles. The third-order valence-electron chi connectivity index (χ3n) is 3.10. The summed E-state index contributed by atoms with van der Waals surface area (Å²) in [5, 5.41) is 12.4. The zero-order valence-corrected chi connectivity index (χ0v) is 14.6. The van der Waals surface area contributed by atoms with E-state index < -0.39 is 11.9 Å². The smallest absolute Gasteiger partial charge is 0.308 e. The van der Waals surface area contributed by atoms with E-state index in [0.717, 1.165) is 10.6 Å². The van der Waals surface area contributed by atoms with Gasteiger partial charge >= 0.3 is 5.97 Å². The lowest BCUT2D eigenvalue weighted by molar-refractivity contribution is -0.142. The van der Waals surface area contributed by atoms with Crippen molar-refractivity contribution in [1.82, 2.24) is 5.32 Å². The highest BCUT2D eigenvalue weighted by molar-refractivity contribution is 7.99. The maximum absolute atomic E-state index is 12.3. The van der Waals surface area contributed by atoms with Crippen molar-refractivity contribution in [2.24, 2.45) is 11.8 Å². The van der Waals surface area contributed by atoms with Crippen LogP contribution in [0, 0.1) is 11.8 Å². The minimum atomic E-state index is -0.886. The molecule has 0 saturated heterocycles. The van der Waals surface area contributed by atoms with E-state index in [2.05, 4.69) is 5.32 Å². The quantitative estimate of drug-likeness (QED) is 0.702. The number of hydrogen-bond donors (Lipinski definition) is 2. The van der Waals surface area contributed by atoms with Crippen molar-refractivity contribution < 1.29 is 14.7 Å². The molecule has 0 aromatic heterocycles. The molecule has 0 aliphatic rings. The van der Waals surface area contributed by atoms with E-state index in [1.807, 2.05) is 26.8 Å². The van der Waals surface area contributed by atoms with Crippen LogP contribution in [0.25, 0.3) is 0 Å². The highest BCUT2D eigenvalue weighted by Gasteiger charge is 2.21. The van der Waals surface area contributed by atoms with Crippen molar-refractivity contribution in [3.05, 3.63) is 28.8 Å². The Labute approximate surface area is 140 Å². The van der Waals surface area contributed by atoms with Gasteiger partial charge in [-0.15, -0.1) is 11.8 Å². The largest absolute Gasteiger partial charge is 0.481 e. The minimum absolute atomic E-state index is 0.120. The molecular formula is C16H22ClNO3S.